The Kier molecular flexibility index (Phi) is 1.90. The monoisotopic (exact) mass is 143 g/mol. The van der Waals surface area contributed by atoms with Gasteiger partial charge in [0.1, 0.15) is 11.8 Å². The minimum atomic E-state index is -0.241. The maximum absolute atomic E-state index is 10.1. The fraction of sp³-hybridized carbons (Fsp3) is 0.167. The van der Waals surface area contributed by atoms with Crippen molar-refractivity contribution in [3.8, 4) is 0 Å². The van der Waals surface area contributed by atoms with Gasteiger partial charge in [-0.15, -0.1) is 0 Å². The molecule has 0 aromatic carbocycles. The van der Waals surface area contributed by atoms with Crippen LogP contribution in [0.1, 0.15) is 0 Å². The minimum Gasteiger partial charge on any atom is -0.372 e. The van der Waals surface area contributed by atoms with Crippen molar-refractivity contribution in [2.75, 3.05) is 0 Å². The van der Waals surface area contributed by atoms with E-state index in [0.717, 1.165) is 6.29 Å². The number of allylic oxidation sites excluding steroid dienone is 2. The molecule has 9 heavy (non-hydrogen) atoms. The first-order valence-corrected chi connectivity index (χ1v) is 3.00. The van der Waals surface area contributed by atoms with Crippen LogP contribution in [0.15, 0.2) is 23.9 Å². The summed E-state index contributed by atoms with van der Waals surface area (Å²) in [6.07, 6.45) is 5.74. The molecule has 0 aromatic heterocycles. The first-order chi connectivity index (χ1) is 4.33. The van der Waals surface area contributed by atoms with Crippen molar-refractivity contribution in [1.82, 2.24) is 5.32 Å². The number of carbonyl (C=O) groups excluding carboxylic acids is 1. The van der Waals surface area contributed by atoms with Crippen LogP contribution in [0.3, 0.4) is 0 Å². The topological polar surface area (TPSA) is 29.1 Å². The Morgan fingerprint density at radius 1 is 1.78 bits per heavy atom. The Morgan fingerprint density at radius 3 is 3.00 bits per heavy atom. The summed E-state index contributed by atoms with van der Waals surface area (Å²) >= 11 is 5.59. The predicted octanol–water partition coefficient (Wildman–Crippen LogP) is 0.793. The summed E-state index contributed by atoms with van der Waals surface area (Å²) in [6, 6.07) is 0. The molecule has 1 atom stereocenters. The molecule has 1 aliphatic heterocycles. The Labute approximate surface area is 58.2 Å². The number of rotatable bonds is 1. The molecule has 1 unspecified atom stereocenters. The van der Waals surface area contributed by atoms with E-state index in [-0.39, 0.29) is 5.50 Å². The highest BCUT2D eigenvalue weighted by molar-refractivity contribution is 6.22. The number of hydrogen-bond acceptors (Lipinski definition) is 2. The molecular weight excluding hydrogens is 138 g/mol. The van der Waals surface area contributed by atoms with Crippen LogP contribution in [0.25, 0.3) is 0 Å². The smallest absolute Gasteiger partial charge is 0.149 e. The molecule has 0 amide bonds. The Bertz CT molecular complexity index is 174. The third-order valence-corrected chi connectivity index (χ3v) is 1.26. The second-order valence-electron chi connectivity index (χ2n) is 1.69. The minimum absolute atomic E-state index is 0.241. The lowest BCUT2D eigenvalue weighted by Gasteiger charge is -2.08. The van der Waals surface area contributed by atoms with Crippen molar-refractivity contribution in [1.29, 1.82) is 0 Å². The molecule has 1 aliphatic rings. The molecule has 0 radical (unpaired) electrons. The SMILES string of the molecule is O=CC1=CC(Cl)NC=C1. The molecule has 48 valence electrons. The van der Waals surface area contributed by atoms with Gasteiger partial charge < -0.3 is 5.32 Å². The molecule has 3 heteroatoms. The van der Waals surface area contributed by atoms with Crippen LogP contribution < -0.4 is 5.32 Å². The normalized spacial score (nSPS) is 24.6. The highest BCUT2D eigenvalue weighted by Crippen LogP contribution is 2.04. The molecule has 0 bridgehead atoms. The van der Waals surface area contributed by atoms with E-state index in [1.54, 1.807) is 18.4 Å². The van der Waals surface area contributed by atoms with Crippen molar-refractivity contribution in [2.45, 2.75) is 5.50 Å². The summed E-state index contributed by atoms with van der Waals surface area (Å²) in [5, 5.41) is 2.80. The molecule has 1 heterocycles. The zero-order valence-corrected chi connectivity index (χ0v) is 5.43. The van der Waals surface area contributed by atoms with Crippen LogP contribution in [0, 0.1) is 0 Å². The second kappa shape index (κ2) is 2.69. The summed E-state index contributed by atoms with van der Waals surface area (Å²) in [5.41, 5.74) is 0.379. The van der Waals surface area contributed by atoms with E-state index < -0.39 is 0 Å². The molecular formula is C6H6ClNO. The van der Waals surface area contributed by atoms with Crippen molar-refractivity contribution in [2.24, 2.45) is 0 Å². The lowest BCUT2D eigenvalue weighted by atomic mass is 10.2. The number of nitrogens with one attached hydrogen (secondary N) is 1. The number of dihydropyridines is 1. The van der Waals surface area contributed by atoms with Gasteiger partial charge in [-0.2, -0.15) is 0 Å². The van der Waals surface area contributed by atoms with Gasteiger partial charge in [-0.25, -0.2) is 0 Å². The molecule has 0 saturated carbocycles. The second-order valence-corrected chi connectivity index (χ2v) is 2.16. The van der Waals surface area contributed by atoms with Crippen molar-refractivity contribution in [3.63, 3.8) is 0 Å². The van der Waals surface area contributed by atoms with E-state index in [4.69, 9.17) is 11.6 Å². The average Bonchev–Trinajstić information content (AvgIpc) is 1.88. The number of hydrogen-bond donors (Lipinski definition) is 1. The molecule has 1 rings (SSSR count). The van der Waals surface area contributed by atoms with Gasteiger partial charge in [0.05, 0.1) is 0 Å². The van der Waals surface area contributed by atoms with E-state index in [1.807, 2.05) is 0 Å². The number of carbonyl (C=O) groups is 1. The summed E-state index contributed by atoms with van der Waals surface area (Å²) in [7, 11) is 0. The molecule has 0 saturated heterocycles. The van der Waals surface area contributed by atoms with Crippen LogP contribution in [-0.4, -0.2) is 11.8 Å². The number of halogens is 1. The van der Waals surface area contributed by atoms with E-state index in [2.05, 4.69) is 5.32 Å². The zero-order chi connectivity index (χ0) is 6.69. The van der Waals surface area contributed by atoms with Gasteiger partial charge in [-0.05, 0) is 18.4 Å². The number of alkyl halides is 1. The predicted molar refractivity (Wildman–Crippen MR) is 36.1 cm³/mol. The van der Waals surface area contributed by atoms with Crippen LogP contribution in [0.4, 0.5) is 0 Å². The third-order valence-electron chi connectivity index (χ3n) is 1.01. The largest absolute Gasteiger partial charge is 0.372 e. The maximum atomic E-state index is 10.1. The standard InChI is InChI=1S/C6H6ClNO/c7-6-3-5(4-9)1-2-8-6/h1-4,6,8H. The van der Waals surface area contributed by atoms with E-state index in [1.165, 1.54) is 0 Å². The highest BCUT2D eigenvalue weighted by Gasteiger charge is 2.01. The molecule has 1 N–H and O–H groups in total. The van der Waals surface area contributed by atoms with Crippen molar-refractivity contribution >= 4 is 17.9 Å². The Hall–Kier alpha value is -0.760. The maximum Gasteiger partial charge on any atom is 0.149 e. The first-order valence-electron chi connectivity index (χ1n) is 2.56. The lowest BCUT2D eigenvalue weighted by Crippen LogP contribution is -2.18. The molecule has 2 nitrogen and oxygen atoms in total. The van der Waals surface area contributed by atoms with E-state index >= 15 is 0 Å². The molecule has 0 spiro atoms. The van der Waals surface area contributed by atoms with E-state index in [0.29, 0.717) is 5.57 Å². The van der Waals surface area contributed by atoms with Gasteiger partial charge in [0.15, 0.2) is 0 Å². The van der Waals surface area contributed by atoms with Gasteiger partial charge in [0, 0.05) is 5.57 Å². The van der Waals surface area contributed by atoms with Crippen molar-refractivity contribution in [3.05, 3.63) is 23.9 Å². The summed E-state index contributed by atoms with van der Waals surface area (Å²) in [6.45, 7) is 0. The summed E-state index contributed by atoms with van der Waals surface area (Å²) < 4.78 is 0. The van der Waals surface area contributed by atoms with Crippen molar-refractivity contribution < 1.29 is 4.79 Å². The van der Waals surface area contributed by atoms with Gasteiger partial charge in [-0.3, -0.25) is 4.79 Å². The van der Waals surface area contributed by atoms with Crippen LogP contribution in [0.2, 0.25) is 0 Å². The summed E-state index contributed by atoms with van der Waals surface area (Å²) in [4.78, 5) is 10.1. The van der Waals surface area contributed by atoms with Gasteiger partial charge in [0.25, 0.3) is 0 Å². The fourth-order valence-electron chi connectivity index (χ4n) is 0.587. The van der Waals surface area contributed by atoms with E-state index in [9.17, 15) is 4.79 Å². The number of aldehydes is 1. The molecule has 0 aliphatic carbocycles. The van der Waals surface area contributed by atoms with Gasteiger partial charge in [0.2, 0.25) is 0 Å². The first kappa shape index (κ1) is 6.36. The quantitative estimate of drug-likeness (QED) is 0.334. The van der Waals surface area contributed by atoms with Gasteiger partial charge >= 0.3 is 0 Å². The zero-order valence-electron chi connectivity index (χ0n) is 4.67. The Morgan fingerprint density at radius 2 is 2.56 bits per heavy atom. The third kappa shape index (κ3) is 1.57. The van der Waals surface area contributed by atoms with Crippen LogP contribution >= 0.6 is 11.6 Å². The average molecular weight is 144 g/mol. The molecule has 0 fully saturated rings. The fourth-order valence-corrected chi connectivity index (χ4v) is 0.806. The van der Waals surface area contributed by atoms with Crippen LogP contribution in [0.5, 0.6) is 0 Å². The Balaban J connectivity index is 2.70. The van der Waals surface area contributed by atoms with Crippen LogP contribution in [-0.2, 0) is 4.79 Å². The summed E-state index contributed by atoms with van der Waals surface area (Å²) in [5.74, 6) is 0. The lowest BCUT2D eigenvalue weighted by molar-refractivity contribution is -0.104. The van der Waals surface area contributed by atoms with Gasteiger partial charge in [-0.1, -0.05) is 11.6 Å². The molecule has 0 aromatic rings. The highest BCUT2D eigenvalue weighted by atomic mass is 35.5.